The number of aryl methyl sites for hydroxylation is 2. The molecule has 0 saturated carbocycles. The number of allylic oxidation sites excluding steroid dienone is 2. The summed E-state index contributed by atoms with van der Waals surface area (Å²) in [7, 11) is 0. The Bertz CT molecular complexity index is 380. The second-order valence-electron chi connectivity index (χ2n) is 3.22. The summed E-state index contributed by atoms with van der Waals surface area (Å²) < 4.78 is 4.95. The van der Waals surface area contributed by atoms with Crippen molar-refractivity contribution >= 4 is 11.9 Å². The molecule has 0 N–H and O–H groups in total. The zero-order chi connectivity index (χ0) is 10.7. The molecule has 0 radical (unpaired) electrons. The molecule has 0 unspecified atom stereocenters. The van der Waals surface area contributed by atoms with Gasteiger partial charge in [0.25, 0.3) is 0 Å². The van der Waals surface area contributed by atoms with Crippen molar-refractivity contribution in [3.63, 3.8) is 0 Å². The molecule has 0 atom stereocenters. The smallest absolute Gasteiger partial charge is 0.180 e. The number of carbonyl (C=O) groups excluding carboxylic acids is 1. The van der Waals surface area contributed by atoms with E-state index in [1.54, 1.807) is 13.0 Å². The highest BCUT2D eigenvalue weighted by molar-refractivity contribution is 6.05. The molecule has 0 aromatic carbocycles. The van der Waals surface area contributed by atoms with Crippen LogP contribution in [0.5, 0.6) is 0 Å². The molecule has 0 spiro atoms. The van der Waals surface area contributed by atoms with Gasteiger partial charge in [-0.25, -0.2) is 0 Å². The van der Waals surface area contributed by atoms with Gasteiger partial charge in [-0.05, 0) is 38.5 Å². The van der Waals surface area contributed by atoms with Gasteiger partial charge in [0.15, 0.2) is 5.78 Å². The van der Waals surface area contributed by atoms with Gasteiger partial charge < -0.3 is 4.52 Å². The van der Waals surface area contributed by atoms with Crippen LogP contribution >= 0.6 is 0 Å². The summed E-state index contributed by atoms with van der Waals surface area (Å²) in [5.41, 5.74) is 2.17. The number of carbonyl (C=O) groups is 1. The van der Waals surface area contributed by atoms with Gasteiger partial charge in [-0.3, -0.25) is 4.79 Å². The van der Waals surface area contributed by atoms with E-state index in [1.807, 2.05) is 13.8 Å². The second-order valence-corrected chi connectivity index (χ2v) is 3.22. The van der Waals surface area contributed by atoms with E-state index in [9.17, 15) is 4.79 Å². The lowest BCUT2D eigenvalue weighted by Gasteiger charge is -1.90. The van der Waals surface area contributed by atoms with Crippen LogP contribution in [0.25, 0.3) is 6.08 Å². The predicted molar refractivity (Wildman–Crippen MR) is 54.8 cm³/mol. The van der Waals surface area contributed by atoms with Crippen molar-refractivity contribution in [3.8, 4) is 0 Å². The van der Waals surface area contributed by atoms with Crippen LogP contribution in [0.4, 0.5) is 0 Å². The van der Waals surface area contributed by atoms with Crippen molar-refractivity contribution < 1.29 is 9.32 Å². The number of hydrogen-bond acceptors (Lipinski definition) is 3. The topological polar surface area (TPSA) is 43.1 Å². The molecule has 1 heterocycles. The summed E-state index contributed by atoms with van der Waals surface area (Å²) in [4.78, 5) is 11.2. The molecule has 1 rings (SSSR count). The number of nitrogens with zero attached hydrogens (tertiary/aromatic N) is 1. The molecule has 1 aromatic rings. The number of rotatable bonds is 3. The largest absolute Gasteiger partial charge is 0.361 e. The van der Waals surface area contributed by atoms with Gasteiger partial charge in [0.1, 0.15) is 5.76 Å². The standard InChI is InChI=1S/C11H13NO2/c1-7(2)11(13)6-5-10-8(3)12-14-9(10)4/h5-6H,1H2,2-4H3/b6-5+. The van der Waals surface area contributed by atoms with Crippen LogP contribution in [0.15, 0.2) is 22.8 Å². The average Bonchev–Trinajstić information content (AvgIpc) is 2.43. The Balaban J connectivity index is 2.88. The zero-order valence-electron chi connectivity index (χ0n) is 8.63. The first-order chi connectivity index (χ1) is 6.52. The first-order valence-corrected chi connectivity index (χ1v) is 4.33. The van der Waals surface area contributed by atoms with Gasteiger partial charge in [-0.15, -0.1) is 0 Å². The van der Waals surface area contributed by atoms with Crippen molar-refractivity contribution in [1.29, 1.82) is 0 Å². The normalized spacial score (nSPS) is 10.8. The fraction of sp³-hybridized carbons (Fsp3) is 0.273. The van der Waals surface area contributed by atoms with Crippen LogP contribution in [0, 0.1) is 13.8 Å². The van der Waals surface area contributed by atoms with Gasteiger partial charge in [-0.1, -0.05) is 11.7 Å². The maximum Gasteiger partial charge on any atom is 0.180 e. The summed E-state index contributed by atoms with van der Waals surface area (Å²) in [5, 5.41) is 3.78. The fourth-order valence-corrected chi connectivity index (χ4v) is 1.03. The summed E-state index contributed by atoms with van der Waals surface area (Å²) in [5.74, 6) is 0.637. The minimum atomic E-state index is -0.0787. The quantitative estimate of drug-likeness (QED) is 0.689. The van der Waals surface area contributed by atoms with E-state index in [4.69, 9.17) is 4.52 Å². The minimum absolute atomic E-state index is 0.0787. The molecular weight excluding hydrogens is 178 g/mol. The maximum absolute atomic E-state index is 11.2. The second kappa shape index (κ2) is 4.05. The van der Waals surface area contributed by atoms with Crippen molar-refractivity contribution in [2.45, 2.75) is 20.8 Å². The number of ketones is 1. The molecule has 0 amide bonds. The Morgan fingerprint density at radius 3 is 2.57 bits per heavy atom. The predicted octanol–water partition coefficient (Wildman–Crippen LogP) is 2.45. The number of aromatic nitrogens is 1. The molecule has 3 nitrogen and oxygen atoms in total. The van der Waals surface area contributed by atoms with Crippen LogP contribution < -0.4 is 0 Å². The van der Waals surface area contributed by atoms with Crippen LogP contribution in [-0.4, -0.2) is 10.9 Å². The van der Waals surface area contributed by atoms with E-state index in [2.05, 4.69) is 11.7 Å². The van der Waals surface area contributed by atoms with Crippen LogP contribution in [0.3, 0.4) is 0 Å². The molecule has 74 valence electrons. The Kier molecular flexibility index (Phi) is 3.02. The first kappa shape index (κ1) is 10.4. The van der Waals surface area contributed by atoms with E-state index < -0.39 is 0 Å². The molecule has 0 saturated heterocycles. The fourth-order valence-electron chi connectivity index (χ4n) is 1.03. The first-order valence-electron chi connectivity index (χ1n) is 4.33. The Morgan fingerprint density at radius 2 is 2.14 bits per heavy atom. The van der Waals surface area contributed by atoms with Gasteiger partial charge >= 0.3 is 0 Å². The third-order valence-corrected chi connectivity index (χ3v) is 1.91. The monoisotopic (exact) mass is 191 g/mol. The van der Waals surface area contributed by atoms with Gasteiger partial charge in [0.05, 0.1) is 5.69 Å². The average molecular weight is 191 g/mol. The molecule has 0 bridgehead atoms. The molecule has 14 heavy (non-hydrogen) atoms. The lowest BCUT2D eigenvalue weighted by Crippen LogP contribution is -1.91. The highest BCUT2D eigenvalue weighted by Crippen LogP contribution is 2.14. The van der Waals surface area contributed by atoms with Crippen molar-refractivity contribution in [2.75, 3.05) is 0 Å². The third kappa shape index (κ3) is 2.19. The Labute approximate surface area is 83.1 Å². The van der Waals surface area contributed by atoms with Crippen LogP contribution in [0.2, 0.25) is 0 Å². The van der Waals surface area contributed by atoms with Gasteiger partial charge in [0.2, 0.25) is 0 Å². The van der Waals surface area contributed by atoms with Gasteiger partial charge in [-0.2, -0.15) is 0 Å². The van der Waals surface area contributed by atoms with Crippen molar-refractivity contribution in [2.24, 2.45) is 0 Å². The summed E-state index contributed by atoms with van der Waals surface area (Å²) in [6, 6.07) is 0. The minimum Gasteiger partial charge on any atom is -0.361 e. The van der Waals surface area contributed by atoms with Crippen molar-refractivity contribution in [3.05, 3.63) is 35.2 Å². The molecule has 0 fully saturated rings. The van der Waals surface area contributed by atoms with Crippen molar-refractivity contribution in [1.82, 2.24) is 5.16 Å². The Hall–Kier alpha value is -1.64. The molecular formula is C11H13NO2. The molecule has 1 aromatic heterocycles. The Morgan fingerprint density at radius 1 is 1.50 bits per heavy atom. The lowest BCUT2D eigenvalue weighted by atomic mass is 10.1. The summed E-state index contributed by atoms with van der Waals surface area (Å²) >= 11 is 0. The SMILES string of the molecule is C=C(C)C(=O)/C=C/c1c(C)noc1C. The van der Waals surface area contributed by atoms with Crippen LogP contribution in [0.1, 0.15) is 23.9 Å². The van der Waals surface area contributed by atoms with E-state index >= 15 is 0 Å². The molecule has 0 aliphatic heterocycles. The van der Waals surface area contributed by atoms with Gasteiger partial charge in [0, 0.05) is 5.56 Å². The molecule has 3 heteroatoms. The highest BCUT2D eigenvalue weighted by atomic mass is 16.5. The lowest BCUT2D eigenvalue weighted by molar-refractivity contribution is -0.111. The van der Waals surface area contributed by atoms with E-state index in [1.165, 1.54) is 6.08 Å². The summed E-state index contributed by atoms with van der Waals surface area (Å²) in [6.07, 6.45) is 3.19. The van der Waals surface area contributed by atoms with E-state index in [0.717, 1.165) is 11.3 Å². The maximum atomic E-state index is 11.2. The summed E-state index contributed by atoms with van der Waals surface area (Å²) in [6.45, 7) is 8.89. The van der Waals surface area contributed by atoms with E-state index in [-0.39, 0.29) is 5.78 Å². The van der Waals surface area contributed by atoms with E-state index in [0.29, 0.717) is 11.3 Å². The van der Waals surface area contributed by atoms with Crippen LogP contribution in [-0.2, 0) is 4.79 Å². The molecule has 0 aliphatic rings. The highest BCUT2D eigenvalue weighted by Gasteiger charge is 2.05. The third-order valence-electron chi connectivity index (χ3n) is 1.91. The number of hydrogen-bond donors (Lipinski definition) is 0. The molecule has 0 aliphatic carbocycles. The zero-order valence-corrected chi connectivity index (χ0v) is 8.63.